The largest absolute Gasteiger partial charge is 0.468 e. The summed E-state index contributed by atoms with van der Waals surface area (Å²) >= 11 is 0. The Morgan fingerprint density at radius 1 is 1.35 bits per heavy atom. The number of carbonyl (C=O) groups is 2. The average Bonchev–Trinajstić information content (AvgIpc) is 2.47. The molecule has 5 nitrogen and oxygen atoms in total. The molecular weight excluding hydrogens is 260 g/mol. The average molecular weight is 276 g/mol. The van der Waals surface area contributed by atoms with Gasteiger partial charge in [-0.3, -0.25) is 4.79 Å². The van der Waals surface area contributed by atoms with E-state index in [1.165, 1.54) is 7.11 Å². The van der Waals surface area contributed by atoms with E-state index in [1.807, 2.05) is 30.3 Å². The first-order valence-corrected chi connectivity index (χ1v) is 6.38. The van der Waals surface area contributed by atoms with Crippen LogP contribution >= 0.6 is 0 Å². The van der Waals surface area contributed by atoms with Crippen molar-refractivity contribution in [1.29, 1.82) is 0 Å². The van der Waals surface area contributed by atoms with E-state index in [1.54, 1.807) is 6.92 Å². The van der Waals surface area contributed by atoms with Gasteiger partial charge in [0, 0.05) is 5.92 Å². The lowest BCUT2D eigenvalue weighted by Gasteiger charge is -2.25. The number of cyclic esters (lactones) is 1. The second-order valence-electron chi connectivity index (χ2n) is 4.27. The number of methoxy groups -OCH3 is 1. The van der Waals surface area contributed by atoms with Crippen molar-refractivity contribution in [2.24, 2.45) is 0 Å². The molecule has 0 saturated heterocycles. The summed E-state index contributed by atoms with van der Waals surface area (Å²) in [6.07, 6.45) is 0.0883. The van der Waals surface area contributed by atoms with Crippen LogP contribution in [0.1, 0.15) is 24.8 Å². The van der Waals surface area contributed by atoms with E-state index in [2.05, 4.69) is 0 Å². The fraction of sp³-hybridized carbons (Fsp3) is 0.333. The van der Waals surface area contributed by atoms with E-state index < -0.39 is 17.9 Å². The molecule has 0 fully saturated rings. The normalized spacial score (nSPS) is 18.5. The molecule has 1 aliphatic heterocycles. The molecule has 5 heteroatoms. The van der Waals surface area contributed by atoms with Gasteiger partial charge in [0.25, 0.3) is 5.95 Å². The van der Waals surface area contributed by atoms with Gasteiger partial charge in [-0.1, -0.05) is 30.3 Å². The number of hydrogen-bond acceptors (Lipinski definition) is 5. The summed E-state index contributed by atoms with van der Waals surface area (Å²) in [4.78, 5) is 23.8. The first-order chi connectivity index (χ1) is 9.67. The van der Waals surface area contributed by atoms with Crippen molar-refractivity contribution in [2.75, 3.05) is 13.7 Å². The van der Waals surface area contributed by atoms with E-state index in [0.717, 1.165) is 5.56 Å². The molecule has 0 aromatic heterocycles. The molecule has 0 amide bonds. The minimum absolute atomic E-state index is 0.0754. The molecular formula is C15H16O5. The number of hydrogen-bond donors (Lipinski definition) is 0. The Morgan fingerprint density at radius 3 is 2.65 bits per heavy atom. The lowest BCUT2D eigenvalue weighted by atomic mass is 9.87. The maximum Gasteiger partial charge on any atom is 0.341 e. The van der Waals surface area contributed by atoms with Crippen molar-refractivity contribution < 1.29 is 23.8 Å². The van der Waals surface area contributed by atoms with E-state index in [-0.39, 0.29) is 24.5 Å². The zero-order valence-corrected chi connectivity index (χ0v) is 11.4. The maximum atomic E-state index is 12.1. The smallest absolute Gasteiger partial charge is 0.341 e. The number of carbonyl (C=O) groups excluding carboxylic acids is 2. The van der Waals surface area contributed by atoms with E-state index in [9.17, 15) is 9.59 Å². The third-order valence-electron chi connectivity index (χ3n) is 3.03. The maximum absolute atomic E-state index is 12.1. The number of rotatable bonds is 4. The van der Waals surface area contributed by atoms with Crippen molar-refractivity contribution in [3.05, 3.63) is 47.4 Å². The summed E-state index contributed by atoms with van der Waals surface area (Å²) in [6.45, 7) is 1.96. The molecule has 0 saturated carbocycles. The summed E-state index contributed by atoms with van der Waals surface area (Å²) in [6, 6.07) is 9.29. The summed E-state index contributed by atoms with van der Waals surface area (Å²) in [5.41, 5.74) is 1.10. The molecule has 0 spiro atoms. The molecule has 1 aliphatic rings. The van der Waals surface area contributed by atoms with Crippen molar-refractivity contribution in [2.45, 2.75) is 19.3 Å². The lowest BCUT2D eigenvalue weighted by molar-refractivity contribution is -0.149. The molecule has 1 aromatic carbocycles. The molecule has 1 heterocycles. The Labute approximate surface area is 117 Å². The quantitative estimate of drug-likeness (QED) is 0.788. The van der Waals surface area contributed by atoms with Crippen LogP contribution in [0.15, 0.2) is 41.9 Å². The van der Waals surface area contributed by atoms with Gasteiger partial charge in [-0.05, 0) is 12.5 Å². The first kappa shape index (κ1) is 14.1. The van der Waals surface area contributed by atoms with Gasteiger partial charge in [0.1, 0.15) is 5.57 Å². The Bertz CT molecular complexity index is 532. The lowest BCUT2D eigenvalue weighted by Crippen LogP contribution is -2.27. The van der Waals surface area contributed by atoms with Crippen LogP contribution in [0.2, 0.25) is 0 Å². The highest BCUT2D eigenvalue weighted by molar-refractivity contribution is 5.93. The van der Waals surface area contributed by atoms with Gasteiger partial charge in [-0.2, -0.15) is 0 Å². The second kappa shape index (κ2) is 6.23. The fourth-order valence-corrected chi connectivity index (χ4v) is 2.17. The molecule has 106 valence electrons. The molecule has 0 N–H and O–H groups in total. The Kier molecular flexibility index (Phi) is 4.40. The van der Waals surface area contributed by atoms with Gasteiger partial charge in [0.15, 0.2) is 0 Å². The molecule has 0 radical (unpaired) electrons. The zero-order valence-electron chi connectivity index (χ0n) is 11.4. The Hall–Kier alpha value is -2.30. The predicted molar refractivity (Wildman–Crippen MR) is 70.6 cm³/mol. The monoisotopic (exact) mass is 276 g/mol. The van der Waals surface area contributed by atoms with Crippen LogP contribution in [0.25, 0.3) is 0 Å². The number of ether oxygens (including phenoxy) is 3. The van der Waals surface area contributed by atoms with Gasteiger partial charge in [0.2, 0.25) is 0 Å². The van der Waals surface area contributed by atoms with E-state index >= 15 is 0 Å². The van der Waals surface area contributed by atoms with Crippen LogP contribution in [-0.4, -0.2) is 25.7 Å². The van der Waals surface area contributed by atoms with Crippen molar-refractivity contribution in [3.8, 4) is 0 Å². The van der Waals surface area contributed by atoms with Gasteiger partial charge >= 0.3 is 11.9 Å². The molecule has 0 bridgehead atoms. The van der Waals surface area contributed by atoms with Crippen LogP contribution < -0.4 is 0 Å². The minimum Gasteiger partial charge on any atom is -0.468 e. The molecule has 1 unspecified atom stereocenters. The zero-order chi connectivity index (χ0) is 14.5. The van der Waals surface area contributed by atoms with Crippen LogP contribution in [-0.2, 0) is 23.8 Å². The van der Waals surface area contributed by atoms with Gasteiger partial charge in [0.05, 0.1) is 20.1 Å². The topological polar surface area (TPSA) is 61.8 Å². The van der Waals surface area contributed by atoms with Gasteiger partial charge in [-0.25, -0.2) is 4.79 Å². The molecule has 1 atom stereocenters. The van der Waals surface area contributed by atoms with Crippen molar-refractivity contribution in [3.63, 3.8) is 0 Å². The first-order valence-electron chi connectivity index (χ1n) is 6.38. The third kappa shape index (κ3) is 2.82. The van der Waals surface area contributed by atoms with Crippen LogP contribution in [0.5, 0.6) is 0 Å². The molecule has 0 aliphatic carbocycles. The van der Waals surface area contributed by atoms with Crippen molar-refractivity contribution >= 4 is 11.9 Å². The highest BCUT2D eigenvalue weighted by Gasteiger charge is 2.37. The highest BCUT2D eigenvalue weighted by atomic mass is 16.7. The van der Waals surface area contributed by atoms with Crippen LogP contribution in [0.3, 0.4) is 0 Å². The summed E-state index contributed by atoms with van der Waals surface area (Å²) in [5, 5.41) is 0. The highest BCUT2D eigenvalue weighted by Crippen LogP contribution is 2.35. The van der Waals surface area contributed by atoms with Crippen LogP contribution in [0.4, 0.5) is 0 Å². The predicted octanol–water partition coefficient (Wildman–Crippen LogP) is 2.14. The SMILES string of the molecule is CCOC(=O)C1=C(OC)OC(=O)CC1c1ccccc1. The minimum atomic E-state index is -0.522. The molecule has 20 heavy (non-hydrogen) atoms. The third-order valence-corrected chi connectivity index (χ3v) is 3.03. The van der Waals surface area contributed by atoms with Gasteiger partial charge in [-0.15, -0.1) is 0 Å². The Balaban J connectivity index is 2.46. The van der Waals surface area contributed by atoms with Crippen molar-refractivity contribution in [1.82, 2.24) is 0 Å². The summed E-state index contributed by atoms with van der Waals surface area (Å²) in [5.74, 6) is -1.44. The standard InChI is InChI=1S/C15H16O5/c1-3-19-14(17)13-11(10-7-5-4-6-8-10)9-12(16)20-15(13)18-2/h4-8,11H,3,9H2,1-2H3. The van der Waals surface area contributed by atoms with Crippen LogP contribution in [0, 0.1) is 0 Å². The number of benzene rings is 1. The number of esters is 2. The fourth-order valence-electron chi connectivity index (χ4n) is 2.17. The van der Waals surface area contributed by atoms with E-state index in [0.29, 0.717) is 0 Å². The molecule has 1 aromatic rings. The molecule has 2 rings (SSSR count). The Morgan fingerprint density at radius 2 is 2.05 bits per heavy atom. The van der Waals surface area contributed by atoms with Gasteiger partial charge < -0.3 is 14.2 Å². The van der Waals surface area contributed by atoms with E-state index in [4.69, 9.17) is 14.2 Å². The summed E-state index contributed by atoms with van der Waals surface area (Å²) < 4.78 is 15.0. The second-order valence-corrected chi connectivity index (χ2v) is 4.27. The summed E-state index contributed by atoms with van der Waals surface area (Å²) in [7, 11) is 1.36.